The Hall–Kier alpha value is -2.59. The van der Waals surface area contributed by atoms with Gasteiger partial charge in [0.05, 0.1) is 0 Å². The van der Waals surface area contributed by atoms with Crippen LogP contribution in [0, 0.1) is 13.8 Å². The second-order valence-electron chi connectivity index (χ2n) is 6.14. The molecule has 2 aromatic carbocycles. The number of fused-ring (bicyclic) bond motifs is 1. The van der Waals surface area contributed by atoms with Crippen molar-refractivity contribution in [2.75, 3.05) is 13.1 Å². The highest BCUT2D eigenvalue weighted by Crippen LogP contribution is 2.23. The molecule has 0 saturated heterocycles. The largest absolute Gasteiger partial charge is 0.358 e. The maximum Gasteiger partial charge on any atom is 0.254 e. The molecule has 0 radical (unpaired) electrons. The number of rotatable bonds is 5. The summed E-state index contributed by atoms with van der Waals surface area (Å²) >= 11 is 0. The third-order valence-electron chi connectivity index (χ3n) is 4.46. The third kappa shape index (κ3) is 3.19. The molecule has 0 spiro atoms. The van der Waals surface area contributed by atoms with Crippen LogP contribution in [0.2, 0.25) is 0 Å². The molecule has 1 aromatic heterocycles. The monoisotopic (exact) mass is 321 g/mol. The Morgan fingerprint density at radius 3 is 2.58 bits per heavy atom. The average molecular weight is 321 g/mol. The molecule has 24 heavy (non-hydrogen) atoms. The number of hydrogen-bond donors (Lipinski definition) is 2. The number of benzene rings is 2. The van der Waals surface area contributed by atoms with Crippen LogP contribution < -0.4 is 5.73 Å². The summed E-state index contributed by atoms with van der Waals surface area (Å²) in [6, 6.07) is 15.8. The second-order valence-corrected chi connectivity index (χ2v) is 6.14. The van der Waals surface area contributed by atoms with Gasteiger partial charge in [-0.25, -0.2) is 0 Å². The minimum atomic E-state index is 0.0180. The van der Waals surface area contributed by atoms with E-state index in [2.05, 4.69) is 11.9 Å². The molecule has 3 rings (SSSR count). The van der Waals surface area contributed by atoms with Gasteiger partial charge in [0.2, 0.25) is 0 Å². The van der Waals surface area contributed by atoms with Crippen LogP contribution in [0.15, 0.2) is 48.5 Å². The number of hydrogen-bond acceptors (Lipinski definition) is 2. The first kappa shape index (κ1) is 16.3. The van der Waals surface area contributed by atoms with Crippen molar-refractivity contribution in [3.8, 4) is 0 Å². The van der Waals surface area contributed by atoms with Crippen LogP contribution in [-0.2, 0) is 6.54 Å². The molecule has 124 valence electrons. The van der Waals surface area contributed by atoms with Crippen molar-refractivity contribution >= 4 is 16.8 Å². The average Bonchev–Trinajstić information content (AvgIpc) is 2.89. The van der Waals surface area contributed by atoms with E-state index in [4.69, 9.17) is 5.73 Å². The van der Waals surface area contributed by atoms with Crippen LogP contribution in [0.1, 0.15) is 27.2 Å². The van der Waals surface area contributed by atoms with Gasteiger partial charge in [-0.1, -0.05) is 30.3 Å². The molecular formula is C20H23N3O. The maximum atomic E-state index is 13.0. The zero-order chi connectivity index (χ0) is 17.1. The lowest BCUT2D eigenvalue weighted by atomic mass is 10.1. The van der Waals surface area contributed by atoms with E-state index >= 15 is 0 Å². The van der Waals surface area contributed by atoms with E-state index in [1.54, 1.807) is 0 Å². The van der Waals surface area contributed by atoms with Crippen LogP contribution in [-0.4, -0.2) is 28.9 Å². The van der Waals surface area contributed by atoms with Crippen LogP contribution in [0.3, 0.4) is 0 Å². The maximum absolute atomic E-state index is 13.0. The zero-order valence-electron chi connectivity index (χ0n) is 14.2. The SMILES string of the molecule is Cc1[nH]c2ccc(C(=O)N(CCN)Cc3ccccc3)cc2c1C. The summed E-state index contributed by atoms with van der Waals surface area (Å²) in [5, 5.41) is 1.10. The number of aromatic nitrogens is 1. The Balaban J connectivity index is 1.90. The fraction of sp³-hybridized carbons (Fsp3) is 0.250. The lowest BCUT2D eigenvalue weighted by molar-refractivity contribution is 0.0748. The van der Waals surface area contributed by atoms with Gasteiger partial charge in [0.15, 0.2) is 0 Å². The van der Waals surface area contributed by atoms with Gasteiger partial charge in [0.1, 0.15) is 0 Å². The first-order valence-electron chi connectivity index (χ1n) is 8.22. The van der Waals surface area contributed by atoms with Gasteiger partial charge in [0, 0.05) is 41.8 Å². The van der Waals surface area contributed by atoms with Crippen molar-refractivity contribution < 1.29 is 4.79 Å². The lowest BCUT2D eigenvalue weighted by Gasteiger charge is -2.22. The summed E-state index contributed by atoms with van der Waals surface area (Å²) in [5.74, 6) is 0.0180. The summed E-state index contributed by atoms with van der Waals surface area (Å²) < 4.78 is 0. The molecule has 3 N–H and O–H groups in total. The second kappa shape index (κ2) is 6.89. The van der Waals surface area contributed by atoms with E-state index in [0.29, 0.717) is 25.2 Å². The molecule has 0 saturated carbocycles. The smallest absolute Gasteiger partial charge is 0.254 e. The summed E-state index contributed by atoms with van der Waals surface area (Å²) in [6.07, 6.45) is 0. The summed E-state index contributed by atoms with van der Waals surface area (Å²) in [4.78, 5) is 18.1. The molecule has 0 aliphatic rings. The first-order valence-corrected chi connectivity index (χ1v) is 8.22. The molecule has 0 atom stereocenters. The van der Waals surface area contributed by atoms with Gasteiger partial charge in [0.25, 0.3) is 5.91 Å². The van der Waals surface area contributed by atoms with E-state index in [-0.39, 0.29) is 5.91 Å². The molecule has 0 bridgehead atoms. The number of amides is 1. The van der Waals surface area contributed by atoms with Crippen molar-refractivity contribution in [2.45, 2.75) is 20.4 Å². The number of nitrogens with one attached hydrogen (secondary N) is 1. The van der Waals surface area contributed by atoms with Crippen molar-refractivity contribution in [2.24, 2.45) is 5.73 Å². The van der Waals surface area contributed by atoms with Crippen LogP contribution in [0.5, 0.6) is 0 Å². The van der Waals surface area contributed by atoms with Crippen LogP contribution >= 0.6 is 0 Å². The van der Waals surface area contributed by atoms with Gasteiger partial charge in [-0.2, -0.15) is 0 Å². The normalized spacial score (nSPS) is 11.0. The van der Waals surface area contributed by atoms with Crippen LogP contribution in [0.25, 0.3) is 10.9 Å². The molecule has 0 aliphatic carbocycles. The molecule has 4 heteroatoms. The van der Waals surface area contributed by atoms with E-state index in [0.717, 1.165) is 22.2 Å². The molecule has 4 nitrogen and oxygen atoms in total. The van der Waals surface area contributed by atoms with Gasteiger partial charge in [-0.05, 0) is 43.2 Å². The topological polar surface area (TPSA) is 62.1 Å². The molecule has 0 aliphatic heterocycles. The number of nitrogens with two attached hydrogens (primary N) is 1. The van der Waals surface area contributed by atoms with E-state index < -0.39 is 0 Å². The Kier molecular flexibility index (Phi) is 4.67. The van der Waals surface area contributed by atoms with Crippen LogP contribution in [0.4, 0.5) is 0 Å². The highest BCUT2D eigenvalue weighted by atomic mass is 16.2. The van der Waals surface area contributed by atoms with Crippen molar-refractivity contribution in [1.29, 1.82) is 0 Å². The fourth-order valence-corrected chi connectivity index (χ4v) is 2.99. The van der Waals surface area contributed by atoms with E-state index in [9.17, 15) is 4.79 Å². The highest BCUT2D eigenvalue weighted by Gasteiger charge is 2.17. The number of H-pyrrole nitrogens is 1. The highest BCUT2D eigenvalue weighted by molar-refractivity contribution is 5.99. The minimum absolute atomic E-state index is 0.0180. The molecular weight excluding hydrogens is 298 g/mol. The predicted molar refractivity (Wildman–Crippen MR) is 98.0 cm³/mol. The molecule has 0 unspecified atom stereocenters. The van der Waals surface area contributed by atoms with Crippen molar-refractivity contribution in [3.05, 3.63) is 70.9 Å². The third-order valence-corrected chi connectivity index (χ3v) is 4.46. The van der Waals surface area contributed by atoms with Gasteiger partial charge >= 0.3 is 0 Å². The number of aromatic amines is 1. The number of carbonyl (C=O) groups is 1. The Morgan fingerprint density at radius 2 is 1.88 bits per heavy atom. The van der Waals surface area contributed by atoms with Gasteiger partial charge < -0.3 is 15.6 Å². The number of carbonyl (C=O) groups excluding carboxylic acids is 1. The van der Waals surface area contributed by atoms with E-state index in [1.807, 2.05) is 60.4 Å². The standard InChI is InChI=1S/C20H23N3O/c1-14-15(2)22-19-9-8-17(12-18(14)19)20(24)23(11-10-21)13-16-6-4-3-5-7-16/h3-9,12,22H,10-11,13,21H2,1-2H3. The predicted octanol–water partition coefficient (Wildman–Crippen LogP) is 3.39. The first-order chi connectivity index (χ1) is 11.6. The molecule has 1 heterocycles. The summed E-state index contributed by atoms with van der Waals surface area (Å²) in [6.45, 7) is 5.68. The fourth-order valence-electron chi connectivity index (χ4n) is 2.99. The van der Waals surface area contributed by atoms with Gasteiger partial charge in [-0.15, -0.1) is 0 Å². The Morgan fingerprint density at radius 1 is 1.12 bits per heavy atom. The van der Waals surface area contributed by atoms with Gasteiger partial charge in [-0.3, -0.25) is 4.79 Å². The lowest BCUT2D eigenvalue weighted by Crippen LogP contribution is -2.34. The zero-order valence-corrected chi connectivity index (χ0v) is 14.2. The van der Waals surface area contributed by atoms with E-state index in [1.165, 1.54) is 5.56 Å². The minimum Gasteiger partial charge on any atom is -0.358 e. The van der Waals surface area contributed by atoms with Crippen molar-refractivity contribution in [1.82, 2.24) is 9.88 Å². The molecule has 3 aromatic rings. The molecule has 0 fully saturated rings. The number of aryl methyl sites for hydroxylation is 2. The summed E-state index contributed by atoms with van der Waals surface area (Å²) in [5.41, 5.74) is 10.9. The Bertz CT molecular complexity index is 852. The summed E-state index contributed by atoms with van der Waals surface area (Å²) in [7, 11) is 0. The quantitative estimate of drug-likeness (QED) is 0.756. The number of nitrogens with zero attached hydrogens (tertiary/aromatic N) is 1. The van der Waals surface area contributed by atoms with Crippen molar-refractivity contribution in [3.63, 3.8) is 0 Å². The Labute approximate surface area is 142 Å². The molecule has 1 amide bonds.